The third kappa shape index (κ3) is 2.67. The molecule has 0 spiro atoms. The Hall–Kier alpha value is -0.150. The largest absolute Gasteiger partial charge is 0.496 e. The molecule has 0 aromatic carbocycles. The van der Waals surface area contributed by atoms with E-state index >= 15 is 0 Å². The molecule has 2 rings (SSSR count). The van der Waals surface area contributed by atoms with Gasteiger partial charge in [0.1, 0.15) is 5.76 Å². The van der Waals surface area contributed by atoms with Crippen LogP contribution in [-0.4, -0.2) is 24.2 Å². The normalized spacial score (nSPS) is 25.6. The summed E-state index contributed by atoms with van der Waals surface area (Å²) in [6, 6.07) is 0.158. The van der Waals surface area contributed by atoms with Gasteiger partial charge in [0, 0.05) is 6.42 Å². The summed E-state index contributed by atoms with van der Waals surface area (Å²) < 4.78 is 5.49. The summed E-state index contributed by atoms with van der Waals surface area (Å²) in [5.74, 6) is 4.51. The molecule has 2 aliphatic heterocycles. The van der Waals surface area contributed by atoms with Crippen LogP contribution >= 0.6 is 11.8 Å². The molecule has 80 valence electrons. The van der Waals surface area contributed by atoms with Gasteiger partial charge in [-0.15, -0.1) is 0 Å². The van der Waals surface area contributed by atoms with Crippen molar-refractivity contribution in [3.05, 3.63) is 11.8 Å². The SMILES string of the molecule is NC(CC1CCSCC1)C1=CCCO1. The molecule has 2 aliphatic rings. The number of rotatable bonds is 3. The van der Waals surface area contributed by atoms with E-state index in [-0.39, 0.29) is 6.04 Å². The molecule has 0 saturated carbocycles. The fourth-order valence-electron chi connectivity index (χ4n) is 2.15. The summed E-state index contributed by atoms with van der Waals surface area (Å²) in [7, 11) is 0. The van der Waals surface area contributed by atoms with Crippen molar-refractivity contribution in [3.63, 3.8) is 0 Å². The minimum atomic E-state index is 0.158. The highest BCUT2D eigenvalue weighted by Crippen LogP contribution is 2.28. The summed E-state index contributed by atoms with van der Waals surface area (Å²) in [4.78, 5) is 0. The topological polar surface area (TPSA) is 35.2 Å². The molecule has 0 bridgehead atoms. The number of nitrogens with two attached hydrogens (primary N) is 1. The van der Waals surface area contributed by atoms with Gasteiger partial charge in [0.25, 0.3) is 0 Å². The highest BCUT2D eigenvalue weighted by atomic mass is 32.2. The van der Waals surface area contributed by atoms with Crippen LogP contribution in [0.3, 0.4) is 0 Å². The van der Waals surface area contributed by atoms with E-state index in [0.717, 1.165) is 31.1 Å². The van der Waals surface area contributed by atoms with Gasteiger partial charge in [0.05, 0.1) is 12.6 Å². The first-order valence-electron chi connectivity index (χ1n) is 5.52. The molecule has 0 radical (unpaired) electrons. The summed E-state index contributed by atoms with van der Waals surface area (Å²) in [5, 5.41) is 0. The lowest BCUT2D eigenvalue weighted by Crippen LogP contribution is -2.27. The molecule has 3 heteroatoms. The molecular weight excluding hydrogens is 194 g/mol. The third-order valence-electron chi connectivity index (χ3n) is 3.03. The molecule has 0 aromatic rings. The Morgan fingerprint density at radius 1 is 1.50 bits per heavy atom. The lowest BCUT2D eigenvalue weighted by Gasteiger charge is -2.24. The molecule has 2 heterocycles. The summed E-state index contributed by atoms with van der Waals surface area (Å²) in [6.45, 7) is 0.837. The number of thioether (sulfide) groups is 1. The zero-order valence-corrected chi connectivity index (χ0v) is 9.39. The minimum absolute atomic E-state index is 0.158. The number of hydrogen-bond donors (Lipinski definition) is 1. The monoisotopic (exact) mass is 213 g/mol. The molecule has 1 unspecified atom stereocenters. The van der Waals surface area contributed by atoms with E-state index in [4.69, 9.17) is 10.5 Å². The maximum atomic E-state index is 6.11. The Labute approximate surface area is 90.3 Å². The maximum Gasteiger partial charge on any atom is 0.109 e. The second-order valence-electron chi connectivity index (χ2n) is 4.14. The molecular formula is C11H19NOS. The summed E-state index contributed by atoms with van der Waals surface area (Å²) in [6.07, 6.45) is 7.00. The van der Waals surface area contributed by atoms with Crippen LogP contribution in [0.25, 0.3) is 0 Å². The van der Waals surface area contributed by atoms with E-state index < -0.39 is 0 Å². The summed E-state index contributed by atoms with van der Waals surface area (Å²) >= 11 is 2.07. The van der Waals surface area contributed by atoms with Crippen molar-refractivity contribution in [2.24, 2.45) is 11.7 Å². The van der Waals surface area contributed by atoms with Gasteiger partial charge < -0.3 is 10.5 Å². The molecule has 14 heavy (non-hydrogen) atoms. The van der Waals surface area contributed by atoms with Crippen molar-refractivity contribution < 1.29 is 4.74 Å². The Morgan fingerprint density at radius 3 is 2.93 bits per heavy atom. The molecule has 1 saturated heterocycles. The lowest BCUT2D eigenvalue weighted by atomic mass is 9.94. The highest BCUT2D eigenvalue weighted by Gasteiger charge is 2.21. The van der Waals surface area contributed by atoms with Gasteiger partial charge in [0.2, 0.25) is 0 Å². The highest BCUT2D eigenvalue weighted by molar-refractivity contribution is 7.99. The van der Waals surface area contributed by atoms with Crippen LogP contribution in [0.1, 0.15) is 25.7 Å². The predicted molar refractivity (Wildman–Crippen MR) is 61.3 cm³/mol. The Bertz CT molecular complexity index is 211. The fourth-order valence-corrected chi connectivity index (χ4v) is 3.36. The molecule has 2 nitrogen and oxygen atoms in total. The van der Waals surface area contributed by atoms with Crippen molar-refractivity contribution in [1.82, 2.24) is 0 Å². The summed E-state index contributed by atoms with van der Waals surface area (Å²) in [5.41, 5.74) is 6.11. The van der Waals surface area contributed by atoms with Crippen molar-refractivity contribution in [1.29, 1.82) is 0 Å². The average Bonchev–Trinajstić information content (AvgIpc) is 2.72. The average molecular weight is 213 g/mol. The van der Waals surface area contributed by atoms with Gasteiger partial charge in [-0.05, 0) is 42.8 Å². The van der Waals surface area contributed by atoms with E-state index in [9.17, 15) is 0 Å². The standard InChI is InChI=1S/C11H19NOS/c12-10(11-2-1-5-13-11)8-9-3-6-14-7-4-9/h2,9-10H,1,3-8,12H2. The smallest absolute Gasteiger partial charge is 0.109 e. The third-order valence-corrected chi connectivity index (χ3v) is 4.07. The van der Waals surface area contributed by atoms with Crippen molar-refractivity contribution in [2.75, 3.05) is 18.1 Å². The van der Waals surface area contributed by atoms with Gasteiger partial charge in [0.15, 0.2) is 0 Å². The molecule has 1 fully saturated rings. The van der Waals surface area contributed by atoms with Gasteiger partial charge in [-0.3, -0.25) is 0 Å². The van der Waals surface area contributed by atoms with Gasteiger partial charge in [-0.1, -0.05) is 0 Å². The quantitative estimate of drug-likeness (QED) is 0.780. The van der Waals surface area contributed by atoms with E-state index in [1.54, 1.807) is 0 Å². The first kappa shape index (κ1) is 10.4. The van der Waals surface area contributed by atoms with Crippen molar-refractivity contribution in [3.8, 4) is 0 Å². The molecule has 0 aliphatic carbocycles. The zero-order valence-electron chi connectivity index (χ0n) is 8.58. The van der Waals surface area contributed by atoms with E-state index in [1.165, 1.54) is 24.3 Å². The van der Waals surface area contributed by atoms with E-state index in [2.05, 4.69) is 17.8 Å². The van der Waals surface area contributed by atoms with E-state index in [0.29, 0.717) is 0 Å². The molecule has 2 N–H and O–H groups in total. The minimum Gasteiger partial charge on any atom is -0.496 e. The molecule has 0 aromatic heterocycles. The van der Waals surface area contributed by atoms with Crippen LogP contribution in [-0.2, 0) is 4.74 Å². The van der Waals surface area contributed by atoms with Gasteiger partial charge in [-0.25, -0.2) is 0 Å². The maximum absolute atomic E-state index is 6.11. The lowest BCUT2D eigenvalue weighted by molar-refractivity contribution is 0.215. The van der Waals surface area contributed by atoms with Crippen LogP contribution in [0.15, 0.2) is 11.8 Å². The number of ether oxygens (including phenoxy) is 1. The first-order valence-corrected chi connectivity index (χ1v) is 6.68. The van der Waals surface area contributed by atoms with Crippen LogP contribution in [0.5, 0.6) is 0 Å². The first-order chi connectivity index (χ1) is 6.86. The Kier molecular flexibility index (Phi) is 3.76. The Morgan fingerprint density at radius 2 is 2.29 bits per heavy atom. The van der Waals surface area contributed by atoms with Gasteiger partial charge in [-0.2, -0.15) is 11.8 Å². The van der Waals surface area contributed by atoms with E-state index in [1.807, 2.05) is 0 Å². The zero-order chi connectivity index (χ0) is 9.80. The fraction of sp³-hybridized carbons (Fsp3) is 0.818. The van der Waals surface area contributed by atoms with Crippen molar-refractivity contribution in [2.45, 2.75) is 31.7 Å². The van der Waals surface area contributed by atoms with Crippen LogP contribution in [0.2, 0.25) is 0 Å². The van der Waals surface area contributed by atoms with Crippen LogP contribution in [0, 0.1) is 5.92 Å². The Balaban J connectivity index is 1.77. The second-order valence-corrected chi connectivity index (χ2v) is 5.37. The molecule has 0 amide bonds. The number of hydrogen-bond acceptors (Lipinski definition) is 3. The van der Waals surface area contributed by atoms with Gasteiger partial charge >= 0.3 is 0 Å². The molecule has 1 atom stereocenters. The second kappa shape index (κ2) is 5.08. The van der Waals surface area contributed by atoms with Crippen molar-refractivity contribution >= 4 is 11.8 Å². The predicted octanol–water partition coefficient (Wildman–Crippen LogP) is 2.15. The van der Waals surface area contributed by atoms with Crippen LogP contribution < -0.4 is 5.73 Å². The van der Waals surface area contributed by atoms with Crippen LogP contribution in [0.4, 0.5) is 0 Å².